The highest BCUT2D eigenvalue weighted by molar-refractivity contribution is 7.19. The number of aryl methyl sites for hydroxylation is 2. The molecular formula is C15H21ClN4S. The molecule has 2 aromatic rings. The second-order valence-corrected chi connectivity index (χ2v) is 6.75. The summed E-state index contributed by atoms with van der Waals surface area (Å²) >= 11 is 7.85. The maximum atomic E-state index is 6.08. The molecule has 0 aromatic carbocycles. The lowest BCUT2D eigenvalue weighted by Crippen LogP contribution is -2.28. The number of anilines is 1. The van der Waals surface area contributed by atoms with Crippen LogP contribution in [0.15, 0.2) is 0 Å². The zero-order valence-electron chi connectivity index (χ0n) is 12.6. The largest absolute Gasteiger partial charge is 0.368 e. The van der Waals surface area contributed by atoms with E-state index in [0.717, 1.165) is 43.2 Å². The molecule has 0 atom stereocenters. The van der Waals surface area contributed by atoms with E-state index in [0.29, 0.717) is 5.28 Å². The number of hydrogen-bond donors (Lipinski definition) is 1. The van der Waals surface area contributed by atoms with Crippen molar-refractivity contribution in [1.82, 2.24) is 14.9 Å². The van der Waals surface area contributed by atoms with Crippen molar-refractivity contribution in [2.75, 3.05) is 31.5 Å². The van der Waals surface area contributed by atoms with E-state index in [9.17, 15) is 0 Å². The summed E-state index contributed by atoms with van der Waals surface area (Å²) in [5.41, 5.74) is 1.44. The third-order valence-corrected chi connectivity index (χ3v) is 5.51. The monoisotopic (exact) mass is 324 g/mol. The van der Waals surface area contributed by atoms with Crippen LogP contribution in [0.25, 0.3) is 10.2 Å². The Balaban J connectivity index is 1.84. The van der Waals surface area contributed by atoms with Crippen LogP contribution in [-0.2, 0) is 12.8 Å². The molecule has 6 heteroatoms. The van der Waals surface area contributed by atoms with Crippen molar-refractivity contribution in [1.29, 1.82) is 0 Å². The van der Waals surface area contributed by atoms with Gasteiger partial charge in [-0.15, -0.1) is 11.3 Å². The maximum absolute atomic E-state index is 6.08. The molecule has 0 fully saturated rings. The van der Waals surface area contributed by atoms with Gasteiger partial charge in [-0.1, -0.05) is 13.8 Å². The standard InChI is InChI=1S/C15H21ClN4S/c1-3-20(4-2)9-8-17-13-12-10-6-5-7-11(10)21-14(12)19-15(16)18-13/h3-9H2,1-2H3,(H,17,18,19). The van der Waals surface area contributed by atoms with Crippen LogP contribution in [0.4, 0.5) is 5.82 Å². The molecule has 0 bridgehead atoms. The average molecular weight is 325 g/mol. The number of nitrogens with one attached hydrogen (secondary N) is 1. The van der Waals surface area contributed by atoms with Gasteiger partial charge in [0.25, 0.3) is 0 Å². The number of nitrogens with zero attached hydrogens (tertiary/aromatic N) is 3. The van der Waals surface area contributed by atoms with Gasteiger partial charge in [0.2, 0.25) is 5.28 Å². The van der Waals surface area contributed by atoms with Crippen molar-refractivity contribution in [3.05, 3.63) is 15.7 Å². The molecule has 114 valence electrons. The fraction of sp³-hybridized carbons (Fsp3) is 0.600. The molecule has 0 amide bonds. The highest BCUT2D eigenvalue weighted by Crippen LogP contribution is 2.39. The molecule has 1 N–H and O–H groups in total. The number of halogens is 1. The van der Waals surface area contributed by atoms with Crippen LogP contribution < -0.4 is 5.32 Å². The minimum absolute atomic E-state index is 0.341. The molecule has 4 nitrogen and oxygen atoms in total. The molecular weight excluding hydrogens is 304 g/mol. The van der Waals surface area contributed by atoms with E-state index in [1.807, 2.05) is 0 Å². The van der Waals surface area contributed by atoms with Crippen LogP contribution in [-0.4, -0.2) is 41.0 Å². The van der Waals surface area contributed by atoms with Gasteiger partial charge >= 0.3 is 0 Å². The number of aromatic nitrogens is 2. The minimum Gasteiger partial charge on any atom is -0.368 e. The van der Waals surface area contributed by atoms with Crippen LogP contribution in [0.2, 0.25) is 5.28 Å². The summed E-state index contributed by atoms with van der Waals surface area (Å²) in [6.07, 6.45) is 3.57. The number of rotatable bonds is 6. The van der Waals surface area contributed by atoms with Crippen molar-refractivity contribution in [3.8, 4) is 0 Å². The Bertz CT molecular complexity index is 636. The van der Waals surface area contributed by atoms with Crippen LogP contribution in [0, 0.1) is 0 Å². The summed E-state index contributed by atoms with van der Waals surface area (Å²) in [5, 5.41) is 5.02. The zero-order valence-corrected chi connectivity index (χ0v) is 14.2. The Labute approximate surface area is 134 Å². The van der Waals surface area contributed by atoms with Gasteiger partial charge < -0.3 is 10.2 Å². The molecule has 0 aliphatic heterocycles. The number of hydrogen-bond acceptors (Lipinski definition) is 5. The average Bonchev–Trinajstić information content (AvgIpc) is 3.03. The van der Waals surface area contributed by atoms with Gasteiger partial charge in [0, 0.05) is 18.0 Å². The van der Waals surface area contributed by atoms with Crippen LogP contribution in [0.1, 0.15) is 30.7 Å². The van der Waals surface area contributed by atoms with Gasteiger partial charge in [-0.25, -0.2) is 9.97 Å². The lowest BCUT2D eigenvalue weighted by Gasteiger charge is -2.18. The number of thiophene rings is 1. The SMILES string of the molecule is CCN(CC)CCNc1nc(Cl)nc2sc3c(c12)CCC3. The molecule has 0 saturated carbocycles. The molecule has 2 aromatic heterocycles. The molecule has 1 aliphatic rings. The molecule has 1 aliphatic carbocycles. The lowest BCUT2D eigenvalue weighted by atomic mass is 10.2. The Morgan fingerprint density at radius 3 is 2.81 bits per heavy atom. The quantitative estimate of drug-likeness (QED) is 0.824. The third kappa shape index (κ3) is 3.00. The topological polar surface area (TPSA) is 41.0 Å². The van der Waals surface area contributed by atoms with Crippen molar-refractivity contribution >= 4 is 39.0 Å². The van der Waals surface area contributed by atoms with E-state index >= 15 is 0 Å². The molecule has 0 spiro atoms. The molecule has 0 unspecified atom stereocenters. The van der Waals surface area contributed by atoms with Crippen LogP contribution >= 0.6 is 22.9 Å². The van der Waals surface area contributed by atoms with E-state index < -0.39 is 0 Å². The summed E-state index contributed by atoms with van der Waals surface area (Å²) in [5.74, 6) is 0.913. The van der Waals surface area contributed by atoms with E-state index in [2.05, 4.69) is 34.0 Å². The highest BCUT2D eigenvalue weighted by Gasteiger charge is 2.22. The van der Waals surface area contributed by atoms with Crippen molar-refractivity contribution < 1.29 is 0 Å². The maximum Gasteiger partial charge on any atom is 0.225 e. The first kappa shape index (κ1) is 15.0. The number of fused-ring (bicyclic) bond motifs is 3. The second kappa shape index (κ2) is 6.46. The second-order valence-electron chi connectivity index (χ2n) is 5.33. The van der Waals surface area contributed by atoms with E-state index in [1.165, 1.54) is 28.7 Å². The van der Waals surface area contributed by atoms with Gasteiger partial charge in [0.15, 0.2) is 0 Å². The summed E-state index contributed by atoms with van der Waals surface area (Å²) in [6, 6.07) is 0. The summed E-state index contributed by atoms with van der Waals surface area (Å²) in [7, 11) is 0. The van der Waals surface area contributed by atoms with Gasteiger partial charge in [0.05, 0.1) is 5.39 Å². The van der Waals surface area contributed by atoms with Crippen LogP contribution in [0.3, 0.4) is 0 Å². The molecule has 2 heterocycles. The van der Waals surface area contributed by atoms with Gasteiger partial charge in [-0.2, -0.15) is 0 Å². The first-order valence-corrected chi connectivity index (χ1v) is 8.86. The predicted octanol–water partition coefficient (Wildman–Crippen LogP) is 3.59. The Morgan fingerprint density at radius 2 is 2.05 bits per heavy atom. The molecule has 21 heavy (non-hydrogen) atoms. The van der Waals surface area contributed by atoms with E-state index in [-0.39, 0.29) is 0 Å². The molecule has 0 radical (unpaired) electrons. The Morgan fingerprint density at radius 1 is 1.24 bits per heavy atom. The molecule has 3 rings (SSSR count). The van der Waals surface area contributed by atoms with E-state index in [4.69, 9.17) is 11.6 Å². The smallest absolute Gasteiger partial charge is 0.225 e. The zero-order chi connectivity index (χ0) is 14.8. The predicted molar refractivity (Wildman–Crippen MR) is 90.7 cm³/mol. The fourth-order valence-electron chi connectivity index (χ4n) is 2.97. The Kier molecular flexibility index (Phi) is 4.62. The number of likely N-dealkylation sites (N-methyl/N-ethyl adjacent to an activating group) is 1. The first-order chi connectivity index (χ1) is 10.2. The third-order valence-electron chi connectivity index (χ3n) is 4.15. The normalized spacial score (nSPS) is 14.1. The van der Waals surface area contributed by atoms with Gasteiger partial charge in [-0.05, 0) is 49.5 Å². The summed E-state index contributed by atoms with van der Waals surface area (Å²) < 4.78 is 0. The molecule has 0 saturated heterocycles. The summed E-state index contributed by atoms with van der Waals surface area (Å²) in [6.45, 7) is 8.43. The fourth-order valence-corrected chi connectivity index (χ4v) is 4.45. The Hall–Kier alpha value is -0.910. The first-order valence-electron chi connectivity index (χ1n) is 7.67. The van der Waals surface area contributed by atoms with Crippen molar-refractivity contribution in [2.45, 2.75) is 33.1 Å². The minimum atomic E-state index is 0.341. The van der Waals surface area contributed by atoms with Gasteiger partial charge in [0.1, 0.15) is 10.6 Å². The van der Waals surface area contributed by atoms with Crippen molar-refractivity contribution in [3.63, 3.8) is 0 Å². The van der Waals surface area contributed by atoms with Crippen molar-refractivity contribution in [2.24, 2.45) is 0 Å². The van der Waals surface area contributed by atoms with E-state index in [1.54, 1.807) is 11.3 Å². The summed E-state index contributed by atoms with van der Waals surface area (Å²) in [4.78, 5) is 13.7. The van der Waals surface area contributed by atoms with Crippen LogP contribution in [0.5, 0.6) is 0 Å². The lowest BCUT2D eigenvalue weighted by molar-refractivity contribution is 0.316. The highest BCUT2D eigenvalue weighted by atomic mass is 35.5. The van der Waals surface area contributed by atoms with Gasteiger partial charge in [-0.3, -0.25) is 0 Å².